The van der Waals surface area contributed by atoms with Crippen molar-refractivity contribution in [1.82, 2.24) is 29.7 Å². The number of benzene rings is 2. The van der Waals surface area contributed by atoms with Crippen LogP contribution < -0.4 is 4.90 Å². The summed E-state index contributed by atoms with van der Waals surface area (Å²) >= 11 is 0. The molecule has 2 aliphatic heterocycles. The fraction of sp³-hybridized carbons (Fsp3) is 0.250. The van der Waals surface area contributed by atoms with Crippen molar-refractivity contribution in [2.24, 2.45) is 0 Å². The predicted octanol–water partition coefficient (Wildman–Crippen LogP) is 2.78. The molecule has 0 N–H and O–H groups in total. The first-order valence-corrected chi connectivity index (χ1v) is 10.6. The summed E-state index contributed by atoms with van der Waals surface area (Å²) in [4.78, 5) is 4.69. The average Bonchev–Trinajstić information content (AvgIpc) is 3.38. The molecule has 8 nitrogen and oxygen atoms in total. The maximum atomic E-state index is 9.08. The fourth-order valence-electron chi connectivity index (χ4n) is 4.51. The van der Waals surface area contributed by atoms with Crippen LogP contribution in [0.5, 0.6) is 0 Å². The summed E-state index contributed by atoms with van der Waals surface area (Å²) < 4.78 is 4.04. The normalized spacial score (nSPS) is 14.9. The van der Waals surface area contributed by atoms with Crippen molar-refractivity contribution in [3.63, 3.8) is 0 Å². The summed E-state index contributed by atoms with van der Waals surface area (Å²) in [6.07, 6.45) is 2.14. The molecule has 0 unspecified atom stereocenters. The Balaban J connectivity index is 1.39. The first-order chi connectivity index (χ1) is 15.6. The van der Waals surface area contributed by atoms with Crippen molar-refractivity contribution in [3.8, 4) is 34.4 Å². The van der Waals surface area contributed by atoms with Crippen LogP contribution in [0, 0.1) is 11.3 Å². The second-order valence-corrected chi connectivity index (χ2v) is 8.68. The van der Waals surface area contributed by atoms with E-state index >= 15 is 0 Å². The van der Waals surface area contributed by atoms with Crippen molar-refractivity contribution in [2.45, 2.75) is 12.6 Å². The molecule has 1 fully saturated rings. The monoisotopic (exact) mass is 422 g/mol. The van der Waals surface area contributed by atoms with Crippen molar-refractivity contribution in [3.05, 3.63) is 65.9 Å². The molecular formula is C24H22N8. The van der Waals surface area contributed by atoms with E-state index in [1.165, 1.54) is 11.3 Å². The Morgan fingerprint density at radius 1 is 1.03 bits per heavy atom. The molecule has 6 rings (SSSR count). The molecule has 0 amide bonds. The van der Waals surface area contributed by atoms with Gasteiger partial charge in [-0.25, -0.2) is 0 Å². The van der Waals surface area contributed by atoms with Gasteiger partial charge < -0.3 is 14.4 Å². The number of fused-ring (bicyclic) bond motifs is 5. The third-order valence-corrected chi connectivity index (χ3v) is 6.53. The van der Waals surface area contributed by atoms with Crippen molar-refractivity contribution >= 4 is 5.69 Å². The van der Waals surface area contributed by atoms with Gasteiger partial charge in [-0.3, -0.25) is 0 Å². The van der Waals surface area contributed by atoms with E-state index in [1.54, 1.807) is 0 Å². The van der Waals surface area contributed by atoms with Crippen LogP contribution in [0.2, 0.25) is 0 Å². The second-order valence-electron chi connectivity index (χ2n) is 8.68. The van der Waals surface area contributed by atoms with Gasteiger partial charge in [0.05, 0.1) is 23.0 Å². The summed E-state index contributed by atoms with van der Waals surface area (Å²) in [7, 11) is 4.27. The molecule has 0 atom stereocenters. The highest BCUT2D eigenvalue weighted by molar-refractivity contribution is 5.72. The average molecular weight is 422 g/mol. The van der Waals surface area contributed by atoms with Gasteiger partial charge in [0.2, 0.25) is 5.82 Å². The van der Waals surface area contributed by atoms with E-state index in [1.807, 2.05) is 28.9 Å². The van der Waals surface area contributed by atoms with E-state index in [2.05, 4.69) is 80.5 Å². The standard InChI is InChI=1S/C24H22N8/c1-29(2)21-14-30(15-21)20-7-8-22-19(9-20)13-31-12-18(17-5-3-16(11-25)4-6-17)10-23(31)24-26-27-28-32(22)24/h3-10,12,21H,13-15H2,1-2H3. The van der Waals surface area contributed by atoms with Gasteiger partial charge in [-0.2, -0.15) is 9.94 Å². The summed E-state index contributed by atoms with van der Waals surface area (Å²) in [5.41, 5.74) is 7.21. The molecule has 2 aliphatic rings. The summed E-state index contributed by atoms with van der Waals surface area (Å²) in [6, 6.07) is 19.1. The zero-order valence-electron chi connectivity index (χ0n) is 18.0. The van der Waals surface area contributed by atoms with Gasteiger partial charge in [0.25, 0.3) is 0 Å². The van der Waals surface area contributed by atoms with Crippen LogP contribution in [0.1, 0.15) is 11.1 Å². The fourth-order valence-corrected chi connectivity index (χ4v) is 4.51. The Hall–Kier alpha value is -3.96. The van der Waals surface area contributed by atoms with Gasteiger partial charge in [-0.15, -0.1) is 5.10 Å². The smallest absolute Gasteiger partial charge is 0.203 e. The minimum Gasteiger partial charge on any atom is -0.368 e. The Morgan fingerprint density at radius 2 is 1.84 bits per heavy atom. The lowest BCUT2D eigenvalue weighted by Crippen LogP contribution is -2.57. The van der Waals surface area contributed by atoms with Gasteiger partial charge in [0.15, 0.2) is 0 Å². The zero-order chi connectivity index (χ0) is 21.8. The minimum atomic E-state index is 0.603. The highest BCUT2D eigenvalue weighted by Gasteiger charge is 2.30. The van der Waals surface area contributed by atoms with Gasteiger partial charge in [-0.1, -0.05) is 12.1 Å². The van der Waals surface area contributed by atoms with Crippen LogP contribution in [0.3, 0.4) is 0 Å². The topological polar surface area (TPSA) is 78.8 Å². The maximum absolute atomic E-state index is 9.08. The Labute approximate surface area is 185 Å². The van der Waals surface area contributed by atoms with Crippen molar-refractivity contribution in [1.29, 1.82) is 5.26 Å². The van der Waals surface area contributed by atoms with Crippen LogP contribution in [0.25, 0.3) is 28.3 Å². The molecule has 2 aromatic heterocycles. The minimum absolute atomic E-state index is 0.603. The van der Waals surface area contributed by atoms with Crippen molar-refractivity contribution < 1.29 is 0 Å². The molecule has 0 aliphatic carbocycles. The molecule has 2 aromatic carbocycles. The number of likely N-dealkylation sites (N-methyl/N-ethyl adjacent to an activating group) is 1. The SMILES string of the molecule is CN(C)C1CN(c2ccc3c(c2)Cn2cc(-c4ccc(C#N)cc4)cc2-c2nnnn2-3)C1. The molecule has 4 heterocycles. The summed E-state index contributed by atoms with van der Waals surface area (Å²) in [6.45, 7) is 2.81. The number of aromatic nitrogens is 5. The molecule has 0 radical (unpaired) electrons. The Morgan fingerprint density at radius 3 is 2.59 bits per heavy atom. The first kappa shape index (κ1) is 18.8. The lowest BCUT2D eigenvalue weighted by Gasteiger charge is -2.44. The third kappa shape index (κ3) is 2.90. The van der Waals surface area contributed by atoms with Crippen LogP contribution in [0.4, 0.5) is 5.69 Å². The molecule has 0 spiro atoms. The molecule has 158 valence electrons. The van der Waals surface area contributed by atoms with Crippen LogP contribution in [-0.4, -0.2) is 62.9 Å². The molecule has 0 saturated carbocycles. The quantitative estimate of drug-likeness (QED) is 0.445. The Bertz CT molecular complexity index is 1350. The van der Waals surface area contributed by atoms with E-state index in [0.29, 0.717) is 11.6 Å². The predicted molar refractivity (Wildman–Crippen MR) is 122 cm³/mol. The third-order valence-electron chi connectivity index (χ3n) is 6.53. The lowest BCUT2D eigenvalue weighted by atomic mass is 10.0. The van der Waals surface area contributed by atoms with Gasteiger partial charge in [-0.05, 0) is 72.0 Å². The summed E-state index contributed by atoms with van der Waals surface area (Å²) in [5.74, 6) is 0.730. The molecule has 1 saturated heterocycles. The number of tetrazole rings is 1. The highest BCUT2D eigenvalue weighted by Crippen LogP contribution is 2.35. The van der Waals surface area contributed by atoms with E-state index in [0.717, 1.165) is 48.0 Å². The van der Waals surface area contributed by atoms with E-state index in [-0.39, 0.29) is 0 Å². The maximum Gasteiger partial charge on any atom is 0.203 e. The first-order valence-electron chi connectivity index (χ1n) is 10.6. The Kier molecular flexibility index (Phi) is 4.13. The zero-order valence-corrected chi connectivity index (χ0v) is 18.0. The number of hydrogen-bond donors (Lipinski definition) is 0. The van der Waals surface area contributed by atoms with Gasteiger partial charge in [0, 0.05) is 43.1 Å². The molecule has 0 bridgehead atoms. The molecule has 8 heteroatoms. The largest absolute Gasteiger partial charge is 0.368 e. The molecule has 32 heavy (non-hydrogen) atoms. The summed E-state index contributed by atoms with van der Waals surface area (Å²) in [5, 5.41) is 21.7. The number of nitriles is 1. The van der Waals surface area contributed by atoms with Crippen molar-refractivity contribution in [2.75, 3.05) is 32.1 Å². The van der Waals surface area contributed by atoms with E-state index in [9.17, 15) is 0 Å². The van der Waals surface area contributed by atoms with Gasteiger partial charge >= 0.3 is 0 Å². The number of rotatable bonds is 3. The van der Waals surface area contributed by atoms with Crippen LogP contribution in [-0.2, 0) is 6.54 Å². The lowest BCUT2D eigenvalue weighted by molar-refractivity contribution is 0.247. The van der Waals surface area contributed by atoms with E-state index in [4.69, 9.17) is 5.26 Å². The second kappa shape index (κ2) is 7.04. The highest BCUT2D eigenvalue weighted by atomic mass is 15.5. The van der Waals surface area contributed by atoms with Crippen LogP contribution >= 0.6 is 0 Å². The number of nitrogens with zero attached hydrogens (tertiary/aromatic N) is 8. The van der Waals surface area contributed by atoms with Crippen LogP contribution in [0.15, 0.2) is 54.7 Å². The molecular weight excluding hydrogens is 400 g/mol. The molecule has 4 aromatic rings. The number of hydrogen-bond acceptors (Lipinski definition) is 6. The van der Waals surface area contributed by atoms with Gasteiger partial charge in [0.1, 0.15) is 0 Å². The number of anilines is 1. The van der Waals surface area contributed by atoms with E-state index < -0.39 is 0 Å².